The fourth-order valence-corrected chi connectivity index (χ4v) is 1.54. The lowest BCUT2D eigenvalue weighted by Crippen LogP contribution is -2.27. The van der Waals surface area contributed by atoms with E-state index in [4.69, 9.17) is 37.9 Å². The predicted octanol–water partition coefficient (Wildman–Crippen LogP) is 1.11. The summed E-state index contributed by atoms with van der Waals surface area (Å²) >= 11 is 10.7. The monoisotopic (exact) mass is 353 g/mol. The number of alkyl halides is 2. The van der Waals surface area contributed by atoms with Gasteiger partial charge in [0, 0.05) is 23.7 Å². The number of hydrogen-bond donors (Lipinski definition) is 2. The summed E-state index contributed by atoms with van der Waals surface area (Å²) in [7, 11) is 0. The second-order valence-electron chi connectivity index (χ2n) is 3.91. The normalized spacial score (nSPS) is 11.8. The van der Waals surface area contributed by atoms with Crippen LogP contribution in [0, 0.1) is 0 Å². The van der Waals surface area contributed by atoms with Gasteiger partial charge in [0.1, 0.15) is 12.4 Å². The molecular weight excluding hydrogens is 341 g/mol. The van der Waals surface area contributed by atoms with Gasteiger partial charge in [-0.2, -0.15) is 0 Å². The minimum Gasteiger partial charge on any atom is -0.426 e. The van der Waals surface area contributed by atoms with Crippen molar-refractivity contribution in [3.05, 3.63) is 17.8 Å². The number of nitrogens with zero attached hydrogens (tertiary/aromatic N) is 1. The molecule has 22 heavy (non-hydrogen) atoms. The number of pyridine rings is 1. The number of hydrogen-bond acceptors (Lipinski definition) is 8. The quantitative estimate of drug-likeness (QED) is 0.309. The standard InChI is InChI=1S/C12H13Cl2NO7/c13-2-1-11(17)21-9-3-10(15-5-7(9)6-20-19)22-12(18)8(16)4-14/h3,5,8,16,19H,1-2,4,6H2. The van der Waals surface area contributed by atoms with Crippen molar-refractivity contribution in [3.8, 4) is 11.6 Å². The first-order chi connectivity index (χ1) is 10.5. The fraction of sp³-hybridized carbons (Fsp3) is 0.417. The van der Waals surface area contributed by atoms with Gasteiger partial charge >= 0.3 is 11.9 Å². The zero-order valence-corrected chi connectivity index (χ0v) is 12.7. The molecule has 0 fully saturated rings. The highest BCUT2D eigenvalue weighted by Gasteiger charge is 2.19. The summed E-state index contributed by atoms with van der Waals surface area (Å²) in [4.78, 5) is 30.6. The van der Waals surface area contributed by atoms with Gasteiger partial charge in [0.15, 0.2) is 6.10 Å². The maximum absolute atomic E-state index is 11.5. The van der Waals surface area contributed by atoms with Gasteiger partial charge < -0.3 is 14.6 Å². The summed E-state index contributed by atoms with van der Waals surface area (Å²) in [6.45, 7) is -0.297. The van der Waals surface area contributed by atoms with E-state index in [2.05, 4.69) is 9.87 Å². The SMILES string of the molecule is O=C(CCCl)Oc1cc(OC(=O)C(O)CCl)ncc1COO. The minimum absolute atomic E-state index is 0.0256. The van der Waals surface area contributed by atoms with Gasteiger partial charge in [-0.15, -0.1) is 23.2 Å². The highest BCUT2D eigenvalue weighted by Crippen LogP contribution is 2.24. The van der Waals surface area contributed by atoms with E-state index in [1.54, 1.807) is 0 Å². The van der Waals surface area contributed by atoms with E-state index >= 15 is 0 Å². The third-order valence-electron chi connectivity index (χ3n) is 2.28. The largest absolute Gasteiger partial charge is 0.426 e. The molecule has 1 aromatic rings. The number of carbonyl (C=O) groups is 2. The van der Waals surface area contributed by atoms with Gasteiger partial charge in [0.05, 0.1) is 12.3 Å². The zero-order chi connectivity index (χ0) is 16.5. The van der Waals surface area contributed by atoms with Crippen molar-refractivity contribution in [1.29, 1.82) is 0 Å². The maximum Gasteiger partial charge on any atom is 0.342 e. The molecule has 0 spiro atoms. The van der Waals surface area contributed by atoms with Crippen LogP contribution in [0.25, 0.3) is 0 Å². The van der Waals surface area contributed by atoms with Crippen molar-refractivity contribution >= 4 is 35.1 Å². The number of rotatable bonds is 8. The number of aromatic nitrogens is 1. The predicted molar refractivity (Wildman–Crippen MR) is 75.0 cm³/mol. The van der Waals surface area contributed by atoms with Crippen molar-refractivity contribution in [2.75, 3.05) is 11.8 Å². The molecule has 0 saturated heterocycles. The van der Waals surface area contributed by atoms with E-state index in [0.717, 1.165) is 6.07 Å². The molecular formula is C12H13Cl2NO7. The van der Waals surface area contributed by atoms with E-state index in [1.807, 2.05) is 0 Å². The zero-order valence-electron chi connectivity index (χ0n) is 11.2. The molecule has 0 aliphatic heterocycles. The molecule has 0 aliphatic carbocycles. The molecule has 0 aromatic carbocycles. The van der Waals surface area contributed by atoms with Crippen LogP contribution < -0.4 is 9.47 Å². The highest BCUT2D eigenvalue weighted by molar-refractivity contribution is 6.19. The second kappa shape index (κ2) is 9.54. The second-order valence-corrected chi connectivity index (χ2v) is 4.59. The lowest BCUT2D eigenvalue weighted by atomic mass is 10.2. The summed E-state index contributed by atoms with van der Waals surface area (Å²) in [5.41, 5.74) is 0.239. The first-order valence-electron chi connectivity index (χ1n) is 5.99. The molecule has 8 nitrogen and oxygen atoms in total. The topological polar surface area (TPSA) is 115 Å². The Hall–Kier alpha value is -1.45. The van der Waals surface area contributed by atoms with Gasteiger partial charge in [0.25, 0.3) is 0 Å². The average Bonchev–Trinajstić information content (AvgIpc) is 2.49. The van der Waals surface area contributed by atoms with E-state index in [-0.39, 0.29) is 42.0 Å². The van der Waals surface area contributed by atoms with Crippen LogP contribution in [0.2, 0.25) is 0 Å². The Labute approximate surface area is 135 Å². The number of aliphatic hydroxyl groups excluding tert-OH is 1. The van der Waals surface area contributed by atoms with E-state index in [1.165, 1.54) is 6.20 Å². The smallest absolute Gasteiger partial charge is 0.342 e. The Morgan fingerprint density at radius 1 is 1.32 bits per heavy atom. The van der Waals surface area contributed by atoms with E-state index in [0.29, 0.717) is 0 Å². The van der Waals surface area contributed by atoms with Gasteiger partial charge in [0.2, 0.25) is 5.88 Å². The van der Waals surface area contributed by atoms with Crippen molar-refractivity contribution in [3.63, 3.8) is 0 Å². The Morgan fingerprint density at radius 3 is 2.64 bits per heavy atom. The molecule has 1 heterocycles. The molecule has 0 amide bonds. The number of ether oxygens (including phenoxy) is 2. The van der Waals surface area contributed by atoms with Crippen molar-refractivity contribution < 1.29 is 34.3 Å². The van der Waals surface area contributed by atoms with Crippen LogP contribution in [0.15, 0.2) is 12.3 Å². The van der Waals surface area contributed by atoms with E-state index in [9.17, 15) is 14.7 Å². The Bertz CT molecular complexity index is 526. The molecule has 122 valence electrons. The fourth-order valence-electron chi connectivity index (χ4n) is 1.26. The van der Waals surface area contributed by atoms with Crippen LogP contribution >= 0.6 is 23.2 Å². The van der Waals surface area contributed by atoms with Crippen molar-refractivity contribution in [2.45, 2.75) is 19.1 Å². The van der Waals surface area contributed by atoms with Gasteiger partial charge in [-0.3, -0.25) is 10.1 Å². The van der Waals surface area contributed by atoms with Crippen LogP contribution in [0.3, 0.4) is 0 Å². The first-order valence-corrected chi connectivity index (χ1v) is 7.06. The number of halogens is 2. The molecule has 1 aromatic heterocycles. The maximum atomic E-state index is 11.5. The van der Waals surface area contributed by atoms with Crippen molar-refractivity contribution in [1.82, 2.24) is 4.98 Å². The Balaban J connectivity index is 2.93. The summed E-state index contributed by atoms with van der Waals surface area (Å²) in [5.74, 6) is -2.15. The highest BCUT2D eigenvalue weighted by atomic mass is 35.5. The summed E-state index contributed by atoms with van der Waals surface area (Å²) in [6.07, 6.45) is -0.371. The molecule has 0 aliphatic rings. The lowest BCUT2D eigenvalue weighted by molar-refractivity contribution is -0.253. The van der Waals surface area contributed by atoms with Gasteiger partial charge in [-0.05, 0) is 0 Å². The lowest BCUT2D eigenvalue weighted by Gasteiger charge is -2.11. The molecule has 0 saturated carbocycles. The summed E-state index contributed by atoms with van der Waals surface area (Å²) in [5, 5.41) is 17.7. The minimum atomic E-state index is -1.51. The Kier molecular flexibility index (Phi) is 8.07. The molecule has 0 bridgehead atoms. The van der Waals surface area contributed by atoms with Crippen LogP contribution in [0.4, 0.5) is 0 Å². The van der Waals surface area contributed by atoms with Crippen LogP contribution in [-0.2, 0) is 21.1 Å². The van der Waals surface area contributed by atoms with Gasteiger partial charge in [-0.1, -0.05) is 0 Å². The molecule has 10 heteroatoms. The van der Waals surface area contributed by atoms with E-state index < -0.39 is 18.0 Å². The third-order valence-corrected chi connectivity index (χ3v) is 2.77. The summed E-state index contributed by atoms with van der Waals surface area (Å²) in [6, 6.07) is 1.14. The van der Waals surface area contributed by atoms with Gasteiger partial charge in [-0.25, -0.2) is 14.7 Å². The number of carbonyl (C=O) groups excluding carboxylic acids is 2. The molecule has 1 rings (SSSR count). The van der Waals surface area contributed by atoms with Crippen LogP contribution in [-0.4, -0.2) is 45.2 Å². The number of esters is 2. The Morgan fingerprint density at radius 2 is 2.05 bits per heavy atom. The molecule has 0 radical (unpaired) electrons. The number of aliphatic hydroxyl groups is 1. The first kappa shape index (κ1) is 18.6. The van der Waals surface area contributed by atoms with Crippen LogP contribution in [0.1, 0.15) is 12.0 Å². The van der Waals surface area contributed by atoms with Crippen molar-refractivity contribution in [2.24, 2.45) is 0 Å². The molecule has 1 unspecified atom stereocenters. The third kappa shape index (κ3) is 5.74. The molecule has 2 N–H and O–H groups in total. The summed E-state index contributed by atoms with van der Waals surface area (Å²) < 4.78 is 9.79. The average molecular weight is 354 g/mol. The molecule has 1 atom stereocenters. The van der Waals surface area contributed by atoms with Crippen LogP contribution in [0.5, 0.6) is 11.6 Å².